The van der Waals surface area contributed by atoms with Crippen LogP contribution in [0.15, 0.2) is 29.6 Å². The quantitative estimate of drug-likeness (QED) is 0.827. The van der Waals surface area contributed by atoms with Crippen LogP contribution in [0.1, 0.15) is 30.6 Å². The number of Topliss-reactive ketones (excluding diaryl/α,β-unsaturated/α-hetero) is 1. The number of hydrogen-bond acceptors (Lipinski definition) is 3. The summed E-state index contributed by atoms with van der Waals surface area (Å²) in [6, 6.07) is 7.81. The van der Waals surface area contributed by atoms with Crippen molar-refractivity contribution < 1.29 is 4.79 Å². The van der Waals surface area contributed by atoms with E-state index in [4.69, 9.17) is 5.73 Å². The lowest BCUT2D eigenvalue weighted by atomic mass is 9.89. The summed E-state index contributed by atoms with van der Waals surface area (Å²) < 4.78 is 1.04. The zero-order valence-corrected chi connectivity index (χ0v) is 10.3. The molecule has 1 unspecified atom stereocenters. The first-order valence-electron chi connectivity index (χ1n) is 5.36. The van der Waals surface area contributed by atoms with E-state index < -0.39 is 5.54 Å². The molecule has 2 N–H and O–H groups in total. The van der Waals surface area contributed by atoms with E-state index >= 15 is 0 Å². The van der Waals surface area contributed by atoms with Crippen LogP contribution in [0.5, 0.6) is 0 Å². The van der Waals surface area contributed by atoms with Gasteiger partial charge in [0.15, 0.2) is 5.78 Å². The molecule has 3 heteroatoms. The largest absolute Gasteiger partial charge is 0.319 e. The van der Waals surface area contributed by atoms with E-state index in [-0.39, 0.29) is 5.78 Å². The number of fused-ring (bicyclic) bond motifs is 1. The Kier molecular flexibility index (Phi) is 2.82. The first-order chi connectivity index (χ1) is 7.56. The van der Waals surface area contributed by atoms with Gasteiger partial charge in [-0.3, -0.25) is 4.79 Å². The van der Waals surface area contributed by atoms with Gasteiger partial charge in [-0.2, -0.15) is 0 Å². The molecule has 0 amide bonds. The minimum atomic E-state index is -0.766. The van der Waals surface area contributed by atoms with Crippen molar-refractivity contribution in [1.29, 1.82) is 0 Å². The highest BCUT2D eigenvalue weighted by Gasteiger charge is 2.28. The molecule has 0 saturated heterocycles. The lowest BCUT2D eigenvalue weighted by Crippen LogP contribution is -2.44. The SMILES string of the molecule is CCC(C)(N)C(=O)c1cccc2ccsc12. The molecule has 1 aromatic heterocycles. The van der Waals surface area contributed by atoms with Gasteiger partial charge in [-0.25, -0.2) is 0 Å². The molecule has 0 spiro atoms. The van der Waals surface area contributed by atoms with Crippen LogP contribution in [0.25, 0.3) is 10.1 Å². The number of rotatable bonds is 3. The minimum absolute atomic E-state index is 0.0306. The molecule has 0 aliphatic carbocycles. The highest BCUT2D eigenvalue weighted by atomic mass is 32.1. The van der Waals surface area contributed by atoms with Crippen molar-refractivity contribution in [3.05, 3.63) is 35.2 Å². The van der Waals surface area contributed by atoms with Crippen molar-refractivity contribution in [3.63, 3.8) is 0 Å². The first-order valence-corrected chi connectivity index (χ1v) is 6.24. The van der Waals surface area contributed by atoms with Crippen LogP contribution in [0, 0.1) is 0 Å². The van der Waals surface area contributed by atoms with Crippen LogP contribution >= 0.6 is 11.3 Å². The molecular weight excluding hydrogens is 218 g/mol. The number of carbonyl (C=O) groups excluding carboxylic acids is 1. The second-order valence-electron chi connectivity index (χ2n) is 4.24. The molecular formula is C13H15NOS. The molecule has 84 valence electrons. The summed E-state index contributed by atoms with van der Waals surface area (Å²) in [7, 11) is 0. The number of hydrogen-bond donors (Lipinski definition) is 1. The van der Waals surface area contributed by atoms with E-state index in [2.05, 4.69) is 0 Å². The van der Waals surface area contributed by atoms with Gasteiger partial charge in [0.2, 0.25) is 0 Å². The molecule has 0 aliphatic rings. The number of benzene rings is 1. The van der Waals surface area contributed by atoms with Crippen molar-refractivity contribution in [3.8, 4) is 0 Å². The maximum atomic E-state index is 12.3. The van der Waals surface area contributed by atoms with Gasteiger partial charge < -0.3 is 5.73 Å². The molecule has 1 heterocycles. The van der Waals surface area contributed by atoms with Gasteiger partial charge in [-0.1, -0.05) is 19.1 Å². The predicted octanol–water partition coefficient (Wildman–Crippen LogP) is 3.21. The lowest BCUT2D eigenvalue weighted by molar-refractivity contribution is 0.0899. The number of ketones is 1. The highest BCUT2D eigenvalue weighted by molar-refractivity contribution is 7.17. The van der Waals surface area contributed by atoms with Gasteiger partial charge in [0.25, 0.3) is 0 Å². The van der Waals surface area contributed by atoms with Crippen molar-refractivity contribution in [2.24, 2.45) is 5.73 Å². The van der Waals surface area contributed by atoms with Gasteiger partial charge in [-0.05, 0) is 36.2 Å². The van der Waals surface area contributed by atoms with Crippen molar-refractivity contribution in [1.82, 2.24) is 0 Å². The Balaban J connectivity index is 2.55. The number of carbonyl (C=O) groups is 1. The molecule has 1 aromatic carbocycles. The smallest absolute Gasteiger partial charge is 0.183 e. The van der Waals surface area contributed by atoms with Gasteiger partial charge >= 0.3 is 0 Å². The molecule has 0 aliphatic heterocycles. The third-order valence-electron chi connectivity index (χ3n) is 2.98. The van der Waals surface area contributed by atoms with Crippen molar-refractivity contribution >= 4 is 27.2 Å². The van der Waals surface area contributed by atoms with Crippen molar-refractivity contribution in [2.75, 3.05) is 0 Å². The van der Waals surface area contributed by atoms with Gasteiger partial charge in [0, 0.05) is 10.3 Å². The van der Waals surface area contributed by atoms with E-state index in [9.17, 15) is 4.79 Å². The summed E-state index contributed by atoms with van der Waals surface area (Å²) >= 11 is 1.59. The molecule has 0 radical (unpaired) electrons. The summed E-state index contributed by atoms with van der Waals surface area (Å²) in [6.45, 7) is 3.73. The van der Waals surface area contributed by atoms with Crippen LogP contribution in [0.2, 0.25) is 0 Å². The van der Waals surface area contributed by atoms with Gasteiger partial charge in [0.05, 0.1) is 5.54 Å². The molecule has 0 saturated carbocycles. The fraction of sp³-hybridized carbons (Fsp3) is 0.308. The second kappa shape index (κ2) is 4.00. The summed E-state index contributed by atoms with van der Waals surface area (Å²) in [5, 5.41) is 3.11. The zero-order chi connectivity index (χ0) is 11.8. The van der Waals surface area contributed by atoms with Crippen molar-refractivity contribution in [2.45, 2.75) is 25.8 Å². The Morgan fingerprint density at radius 2 is 2.19 bits per heavy atom. The van der Waals surface area contributed by atoms with Crippen LogP contribution in [-0.2, 0) is 0 Å². The average Bonchev–Trinajstić information content (AvgIpc) is 2.75. The third kappa shape index (κ3) is 1.77. The molecule has 2 aromatic rings. The van der Waals surface area contributed by atoms with Gasteiger partial charge in [-0.15, -0.1) is 11.3 Å². The summed E-state index contributed by atoms with van der Waals surface area (Å²) in [5.74, 6) is 0.0306. The highest BCUT2D eigenvalue weighted by Crippen LogP contribution is 2.27. The van der Waals surface area contributed by atoms with E-state index in [0.717, 1.165) is 15.6 Å². The van der Waals surface area contributed by atoms with E-state index in [0.29, 0.717) is 6.42 Å². The molecule has 0 bridgehead atoms. The topological polar surface area (TPSA) is 43.1 Å². The van der Waals surface area contributed by atoms with Crippen LogP contribution in [-0.4, -0.2) is 11.3 Å². The summed E-state index contributed by atoms with van der Waals surface area (Å²) in [5.41, 5.74) is 5.99. The van der Waals surface area contributed by atoms with Crippen LogP contribution in [0.3, 0.4) is 0 Å². The fourth-order valence-electron chi connectivity index (χ4n) is 1.64. The fourth-order valence-corrected chi connectivity index (χ4v) is 2.55. The summed E-state index contributed by atoms with van der Waals surface area (Å²) in [4.78, 5) is 12.3. The Hall–Kier alpha value is -1.19. The standard InChI is InChI=1S/C13H15NOS/c1-3-13(2,14)12(15)10-6-4-5-9-7-8-16-11(9)10/h4-8H,3,14H2,1-2H3. The predicted molar refractivity (Wildman–Crippen MR) is 69.0 cm³/mol. The first kappa shape index (κ1) is 11.3. The lowest BCUT2D eigenvalue weighted by Gasteiger charge is -2.21. The minimum Gasteiger partial charge on any atom is -0.319 e. The summed E-state index contributed by atoms with van der Waals surface area (Å²) in [6.07, 6.45) is 0.646. The molecule has 2 nitrogen and oxygen atoms in total. The van der Waals surface area contributed by atoms with Gasteiger partial charge in [0.1, 0.15) is 0 Å². The maximum Gasteiger partial charge on any atom is 0.183 e. The van der Waals surface area contributed by atoms with Crippen LogP contribution in [0.4, 0.5) is 0 Å². The number of thiophene rings is 1. The van der Waals surface area contributed by atoms with E-state index in [1.54, 1.807) is 18.3 Å². The van der Waals surface area contributed by atoms with E-state index in [1.165, 1.54) is 0 Å². The Morgan fingerprint density at radius 3 is 2.88 bits per heavy atom. The van der Waals surface area contributed by atoms with Crippen LogP contribution < -0.4 is 5.73 Å². The van der Waals surface area contributed by atoms with E-state index in [1.807, 2.05) is 36.6 Å². The Labute approximate surface area is 99.1 Å². The second-order valence-corrected chi connectivity index (χ2v) is 5.16. The third-order valence-corrected chi connectivity index (χ3v) is 3.94. The number of nitrogens with two attached hydrogens (primary N) is 1. The Morgan fingerprint density at radius 1 is 1.44 bits per heavy atom. The normalized spacial score (nSPS) is 14.9. The molecule has 1 atom stereocenters. The zero-order valence-electron chi connectivity index (χ0n) is 9.49. The average molecular weight is 233 g/mol. The molecule has 0 fully saturated rings. The Bertz CT molecular complexity index is 527. The maximum absolute atomic E-state index is 12.3. The molecule has 2 rings (SSSR count). The monoisotopic (exact) mass is 233 g/mol. The molecule has 16 heavy (non-hydrogen) atoms.